The number of rotatable bonds is 8. The van der Waals surface area contributed by atoms with Gasteiger partial charge in [0.15, 0.2) is 0 Å². The van der Waals surface area contributed by atoms with Crippen LogP contribution >= 0.6 is 0 Å². The molecular formula is C10H22N2O2S. The lowest BCUT2D eigenvalue weighted by atomic mass is 10.1. The fourth-order valence-electron chi connectivity index (χ4n) is 1.61. The van der Waals surface area contributed by atoms with Gasteiger partial charge in [0.1, 0.15) is 0 Å². The van der Waals surface area contributed by atoms with Crippen LogP contribution in [0, 0.1) is 5.41 Å². The molecule has 1 aliphatic rings. The van der Waals surface area contributed by atoms with Gasteiger partial charge in [0.25, 0.3) is 0 Å². The van der Waals surface area contributed by atoms with Crippen molar-refractivity contribution in [1.82, 2.24) is 10.0 Å². The Hall–Kier alpha value is -0.130. The topological polar surface area (TPSA) is 58.2 Å². The zero-order valence-corrected chi connectivity index (χ0v) is 10.5. The molecule has 0 unspecified atom stereocenters. The molecule has 1 rings (SSSR count). The van der Waals surface area contributed by atoms with Crippen molar-refractivity contribution in [2.75, 3.05) is 25.9 Å². The fraction of sp³-hybridized carbons (Fsp3) is 1.00. The van der Waals surface area contributed by atoms with Crippen LogP contribution in [0.1, 0.15) is 32.6 Å². The first-order valence-corrected chi connectivity index (χ1v) is 7.31. The van der Waals surface area contributed by atoms with E-state index in [1.165, 1.54) is 12.8 Å². The molecule has 0 spiro atoms. The molecule has 0 saturated heterocycles. The predicted octanol–water partition coefficient (Wildman–Crippen LogP) is 0.706. The zero-order valence-electron chi connectivity index (χ0n) is 9.67. The minimum absolute atomic E-state index is 0.230. The summed E-state index contributed by atoms with van der Waals surface area (Å²) in [4.78, 5) is 0. The minimum Gasteiger partial charge on any atom is -0.320 e. The van der Waals surface area contributed by atoms with E-state index in [4.69, 9.17) is 0 Å². The maximum Gasteiger partial charge on any atom is 0.211 e. The Kier molecular flexibility index (Phi) is 4.55. The third kappa shape index (κ3) is 4.49. The second-order valence-electron chi connectivity index (χ2n) is 4.45. The van der Waals surface area contributed by atoms with E-state index >= 15 is 0 Å². The fourth-order valence-corrected chi connectivity index (χ4v) is 2.80. The van der Waals surface area contributed by atoms with Crippen molar-refractivity contribution >= 4 is 10.0 Å². The van der Waals surface area contributed by atoms with E-state index < -0.39 is 10.0 Å². The highest BCUT2D eigenvalue weighted by Gasteiger charge is 2.40. The van der Waals surface area contributed by atoms with Gasteiger partial charge in [-0.05, 0) is 44.7 Å². The Bertz CT molecular complexity index is 284. The first kappa shape index (κ1) is 12.9. The van der Waals surface area contributed by atoms with Crippen molar-refractivity contribution in [3.05, 3.63) is 0 Å². The highest BCUT2D eigenvalue weighted by atomic mass is 32.2. The second kappa shape index (κ2) is 5.27. The second-order valence-corrected chi connectivity index (χ2v) is 6.38. The molecule has 4 nitrogen and oxygen atoms in total. The Labute approximate surface area is 92.9 Å². The summed E-state index contributed by atoms with van der Waals surface area (Å²) in [6.45, 7) is 3.51. The maximum atomic E-state index is 11.6. The standard InChI is InChI=1S/C10H22N2O2S/c1-3-10(5-6-10)9-12-15(13,14)8-4-7-11-2/h11-12H,3-9H2,1-2H3. The van der Waals surface area contributed by atoms with Crippen LogP contribution in [0.15, 0.2) is 0 Å². The molecule has 90 valence electrons. The molecule has 0 aliphatic heterocycles. The van der Waals surface area contributed by atoms with E-state index in [0.29, 0.717) is 13.0 Å². The minimum atomic E-state index is -3.05. The maximum absolute atomic E-state index is 11.6. The van der Waals surface area contributed by atoms with Crippen LogP contribution < -0.4 is 10.0 Å². The smallest absolute Gasteiger partial charge is 0.211 e. The van der Waals surface area contributed by atoms with Gasteiger partial charge in [-0.2, -0.15) is 0 Å². The van der Waals surface area contributed by atoms with Gasteiger partial charge in [-0.15, -0.1) is 0 Å². The Morgan fingerprint density at radius 1 is 1.33 bits per heavy atom. The summed E-state index contributed by atoms with van der Waals surface area (Å²) < 4.78 is 25.8. The van der Waals surface area contributed by atoms with Crippen LogP contribution in [-0.4, -0.2) is 34.3 Å². The third-order valence-corrected chi connectivity index (χ3v) is 4.62. The molecule has 2 N–H and O–H groups in total. The van der Waals surface area contributed by atoms with E-state index in [9.17, 15) is 8.42 Å². The van der Waals surface area contributed by atoms with Crippen LogP contribution in [0.2, 0.25) is 0 Å². The summed E-state index contributed by atoms with van der Waals surface area (Å²) in [6.07, 6.45) is 4.09. The van der Waals surface area contributed by atoms with Gasteiger partial charge in [-0.3, -0.25) is 0 Å². The molecule has 0 atom stereocenters. The summed E-state index contributed by atoms with van der Waals surface area (Å²) >= 11 is 0. The number of hydrogen-bond acceptors (Lipinski definition) is 3. The average molecular weight is 234 g/mol. The Morgan fingerprint density at radius 3 is 2.47 bits per heavy atom. The summed E-state index contributed by atoms with van der Waals surface area (Å²) in [5, 5.41) is 2.94. The molecule has 1 fully saturated rings. The molecule has 15 heavy (non-hydrogen) atoms. The number of nitrogens with one attached hydrogen (secondary N) is 2. The molecule has 0 aromatic rings. The highest BCUT2D eigenvalue weighted by Crippen LogP contribution is 2.47. The van der Waals surface area contributed by atoms with Crippen molar-refractivity contribution < 1.29 is 8.42 Å². The number of hydrogen-bond donors (Lipinski definition) is 2. The van der Waals surface area contributed by atoms with E-state index in [1.54, 1.807) is 0 Å². The van der Waals surface area contributed by atoms with Crippen molar-refractivity contribution in [3.63, 3.8) is 0 Å². The molecule has 0 amide bonds. The van der Waals surface area contributed by atoms with Gasteiger partial charge in [0.2, 0.25) is 10.0 Å². The zero-order chi connectivity index (χ0) is 11.4. The van der Waals surface area contributed by atoms with Crippen LogP contribution in [0.5, 0.6) is 0 Å². The SMILES string of the molecule is CCC1(CNS(=O)(=O)CCCNC)CC1. The van der Waals surface area contributed by atoms with E-state index in [0.717, 1.165) is 13.0 Å². The lowest BCUT2D eigenvalue weighted by Crippen LogP contribution is -2.32. The van der Waals surface area contributed by atoms with Gasteiger partial charge >= 0.3 is 0 Å². The summed E-state index contributed by atoms with van der Waals surface area (Å²) in [5.41, 5.74) is 0.288. The molecule has 1 saturated carbocycles. The number of sulfonamides is 1. The third-order valence-electron chi connectivity index (χ3n) is 3.21. The summed E-state index contributed by atoms with van der Waals surface area (Å²) in [6, 6.07) is 0. The predicted molar refractivity (Wildman–Crippen MR) is 62.3 cm³/mol. The molecule has 5 heteroatoms. The average Bonchev–Trinajstić information content (AvgIpc) is 2.96. The lowest BCUT2D eigenvalue weighted by Gasteiger charge is -2.13. The molecule has 0 radical (unpaired) electrons. The van der Waals surface area contributed by atoms with Gasteiger partial charge in [-0.25, -0.2) is 13.1 Å². The lowest BCUT2D eigenvalue weighted by molar-refractivity contribution is 0.475. The first-order valence-electron chi connectivity index (χ1n) is 5.65. The van der Waals surface area contributed by atoms with Crippen molar-refractivity contribution in [2.24, 2.45) is 5.41 Å². The molecular weight excluding hydrogens is 212 g/mol. The summed E-state index contributed by atoms with van der Waals surface area (Å²) in [7, 11) is -1.22. The molecule has 0 heterocycles. The van der Waals surface area contributed by atoms with E-state index in [2.05, 4.69) is 17.0 Å². The molecule has 1 aliphatic carbocycles. The van der Waals surface area contributed by atoms with Gasteiger partial charge in [0.05, 0.1) is 5.75 Å². The van der Waals surface area contributed by atoms with Crippen LogP contribution in [0.3, 0.4) is 0 Å². The normalized spacial score (nSPS) is 19.1. The highest BCUT2D eigenvalue weighted by molar-refractivity contribution is 7.89. The van der Waals surface area contributed by atoms with Gasteiger partial charge in [-0.1, -0.05) is 6.92 Å². The molecule has 0 bridgehead atoms. The van der Waals surface area contributed by atoms with E-state index in [1.807, 2.05) is 7.05 Å². The molecule has 0 aromatic heterocycles. The van der Waals surface area contributed by atoms with Crippen molar-refractivity contribution in [1.29, 1.82) is 0 Å². The summed E-state index contributed by atoms with van der Waals surface area (Å²) in [5.74, 6) is 0.230. The molecule has 0 aromatic carbocycles. The van der Waals surface area contributed by atoms with E-state index in [-0.39, 0.29) is 11.2 Å². The van der Waals surface area contributed by atoms with Crippen molar-refractivity contribution in [3.8, 4) is 0 Å². The van der Waals surface area contributed by atoms with Gasteiger partial charge < -0.3 is 5.32 Å². The van der Waals surface area contributed by atoms with Crippen LogP contribution in [-0.2, 0) is 10.0 Å². The van der Waals surface area contributed by atoms with Crippen molar-refractivity contribution in [2.45, 2.75) is 32.6 Å². The first-order chi connectivity index (χ1) is 7.04. The van der Waals surface area contributed by atoms with Crippen LogP contribution in [0.25, 0.3) is 0 Å². The quantitative estimate of drug-likeness (QED) is 0.608. The largest absolute Gasteiger partial charge is 0.320 e. The van der Waals surface area contributed by atoms with Crippen LogP contribution in [0.4, 0.5) is 0 Å². The Balaban J connectivity index is 2.24. The van der Waals surface area contributed by atoms with Gasteiger partial charge in [0, 0.05) is 6.54 Å². The Morgan fingerprint density at radius 2 is 2.00 bits per heavy atom. The monoisotopic (exact) mass is 234 g/mol.